The lowest BCUT2D eigenvalue weighted by Gasteiger charge is -2.28. The largest absolute Gasteiger partial charge is 0.490 e. The van der Waals surface area contributed by atoms with Crippen LogP contribution in [0.25, 0.3) is 0 Å². The van der Waals surface area contributed by atoms with Gasteiger partial charge in [-0.05, 0) is 49.3 Å². The first kappa shape index (κ1) is 19.6. The van der Waals surface area contributed by atoms with Crippen LogP contribution in [0.2, 0.25) is 0 Å². The van der Waals surface area contributed by atoms with E-state index in [-0.39, 0.29) is 6.04 Å². The van der Waals surface area contributed by atoms with Crippen LogP contribution < -0.4 is 11.1 Å². The second kappa shape index (κ2) is 8.42. The highest BCUT2D eigenvalue weighted by Crippen LogP contribution is 2.33. The van der Waals surface area contributed by atoms with Crippen LogP contribution in [0, 0.1) is 0 Å². The van der Waals surface area contributed by atoms with E-state index in [1.54, 1.807) is 0 Å². The van der Waals surface area contributed by atoms with E-state index < -0.39 is 18.2 Å². The van der Waals surface area contributed by atoms with Crippen molar-refractivity contribution in [2.75, 3.05) is 5.73 Å². The van der Waals surface area contributed by atoms with Crippen molar-refractivity contribution in [3.8, 4) is 0 Å². The highest BCUT2D eigenvalue weighted by Gasteiger charge is 2.38. The van der Waals surface area contributed by atoms with Gasteiger partial charge in [0, 0.05) is 11.7 Å². The first-order valence-electron chi connectivity index (χ1n) is 7.24. The van der Waals surface area contributed by atoms with Gasteiger partial charge in [0.05, 0.1) is 0 Å². The number of carboxylic acids is 1. The van der Waals surface area contributed by atoms with Crippen molar-refractivity contribution in [3.63, 3.8) is 0 Å². The molecule has 0 atom stereocenters. The molecule has 24 heavy (non-hydrogen) atoms. The fraction of sp³-hybridized carbons (Fsp3) is 0.467. The Kier molecular flexibility index (Phi) is 6.87. The lowest BCUT2D eigenvalue weighted by Crippen LogP contribution is -2.36. The third kappa shape index (κ3) is 6.76. The van der Waals surface area contributed by atoms with Crippen LogP contribution in [-0.2, 0) is 4.79 Å². The van der Waals surface area contributed by atoms with Crippen molar-refractivity contribution in [2.24, 2.45) is 0 Å². The number of benzene rings is 1. The van der Waals surface area contributed by atoms with Gasteiger partial charge in [-0.2, -0.15) is 13.2 Å². The fourth-order valence-electron chi connectivity index (χ4n) is 2.51. The third-order valence-corrected chi connectivity index (χ3v) is 3.71. The van der Waals surface area contributed by atoms with Gasteiger partial charge < -0.3 is 21.3 Å². The Labute approximate surface area is 136 Å². The molecule has 2 rings (SSSR count). The standard InChI is InChI=1S/C13H18N2O2.C2HF3O2/c14-11-5-1-9(2-6-11)10-3-7-12(8-4-10)15-13(16)17;3-2(4,5)1(6)7/h1-2,5-6,10,12,15H,3-4,7-8,14H2,(H,16,17);(H,6,7). The van der Waals surface area contributed by atoms with E-state index in [0.717, 1.165) is 31.4 Å². The average molecular weight is 348 g/mol. The minimum atomic E-state index is -5.08. The van der Waals surface area contributed by atoms with Gasteiger partial charge in [-0.3, -0.25) is 0 Å². The summed E-state index contributed by atoms with van der Waals surface area (Å²) in [4.78, 5) is 19.4. The molecule has 1 aromatic carbocycles. The van der Waals surface area contributed by atoms with Crippen molar-refractivity contribution in [2.45, 2.75) is 43.8 Å². The number of carbonyl (C=O) groups is 2. The summed E-state index contributed by atoms with van der Waals surface area (Å²) in [6.45, 7) is 0. The summed E-state index contributed by atoms with van der Waals surface area (Å²) in [5.41, 5.74) is 7.76. The topological polar surface area (TPSA) is 113 Å². The molecule has 0 aliphatic heterocycles. The van der Waals surface area contributed by atoms with Crippen LogP contribution in [0.1, 0.15) is 37.2 Å². The minimum absolute atomic E-state index is 0.123. The molecule has 0 unspecified atom stereocenters. The predicted molar refractivity (Wildman–Crippen MR) is 80.7 cm³/mol. The molecule has 1 aliphatic rings. The summed E-state index contributed by atoms with van der Waals surface area (Å²) >= 11 is 0. The van der Waals surface area contributed by atoms with Gasteiger partial charge in [0.2, 0.25) is 0 Å². The lowest BCUT2D eigenvalue weighted by atomic mass is 9.82. The number of hydrogen-bond donors (Lipinski definition) is 4. The molecule has 1 aliphatic carbocycles. The van der Waals surface area contributed by atoms with Gasteiger partial charge in [0.15, 0.2) is 0 Å². The third-order valence-electron chi connectivity index (χ3n) is 3.71. The van der Waals surface area contributed by atoms with Gasteiger partial charge >= 0.3 is 18.2 Å². The van der Waals surface area contributed by atoms with Crippen LogP contribution in [0.4, 0.5) is 23.7 Å². The Bertz CT molecular complexity index is 553. The van der Waals surface area contributed by atoms with Crippen molar-refractivity contribution in [3.05, 3.63) is 29.8 Å². The number of carboxylic acid groups (broad SMARTS) is 2. The number of aliphatic carboxylic acids is 1. The Hall–Kier alpha value is -2.45. The molecule has 5 N–H and O–H groups in total. The molecule has 0 aromatic heterocycles. The second-order valence-electron chi connectivity index (χ2n) is 5.47. The number of nitrogens with one attached hydrogen (secondary N) is 1. The van der Waals surface area contributed by atoms with Crippen molar-refractivity contribution < 1.29 is 33.0 Å². The summed E-state index contributed by atoms with van der Waals surface area (Å²) in [6, 6.07) is 8.13. The van der Waals surface area contributed by atoms with Crippen molar-refractivity contribution in [1.29, 1.82) is 0 Å². The van der Waals surface area contributed by atoms with E-state index in [4.69, 9.17) is 20.7 Å². The number of nitrogen functional groups attached to an aromatic ring is 1. The molecule has 0 saturated heterocycles. The molecule has 0 radical (unpaired) electrons. The zero-order valence-electron chi connectivity index (χ0n) is 12.7. The van der Waals surface area contributed by atoms with Gasteiger partial charge in [0.25, 0.3) is 0 Å². The van der Waals surface area contributed by atoms with E-state index in [1.807, 2.05) is 12.1 Å². The highest BCUT2D eigenvalue weighted by atomic mass is 19.4. The summed E-state index contributed by atoms with van der Waals surface area (Å²) in [7, 11) is 0. The number of hydrogen-bond acceptors (Lipinski definition) is 3. The summed E-state index contributed by atoms with van der Waals surface area (Å²) in [6.07, 6.45) is -2.09. The fourth-order valence-corrected chi connectivity index (χ4v) is 2.51. The average Bonchev–Trinajstić information content (AvgIpc) is 2.48. The zero-order valence-corrected chi connectivity index (χ0v) is 12.7. The van der Waals surface area contributed by atoms with Crippen LogP contribution in [0.5, 0.6) is 0 Å². The van der Waals surface area contributed by atoms with Crippen LogP contribution in [-0.4, -0.2) is 34.5 Å². The number of anilines is 1. The Balaban J connectivity index is 0.000000351. The first-order valence-corrected chi connectivity index (χ1v) is 7.24. The van der Waals surface area contributed by atoms with Gasteiger partial charge in [-0.25, -0.2) is 9.59 Å². The summed E-state index contributed by atoms with van der Waals surface area (Å²) in [5.74, 6) is -2.21. The lowest BCUT2D eigenvalue weighted by molar-refractivity contribution is -0.192. The quantitative estimate of drug-likeness (QED) is 0.613. The second-order valence-corrected chi connectivity index (χ2v) is 5.47. The molecular weight excluding hydrogens is 329 g/mol. The maximum atomic E-state index is 10.6. The van der Waals surface area contributed by atoms with Gasteiger partial charge in [0.1, 0.15) is 0 Å². The van der Waals surface area contributed by atoms with Gasteiger partial charge in [-0.1, -0.05) is 12.1 Å². The molecule has 0 bridgehead atoms. The van der Waals surface area contributed by atoms with Crippen LogP contribution in [0.15, 0.2) is 24.3 Å². The zero-order chi connectivity index (χ0) is 18.3. The minimum Gasteiger partial charge on any atom is -0.475 e. The number of rotatable bonds is 2. The maximum absolute atomic E-state index is 10.6. The van der Waals surface area contributed by atoms with Gasteiger partial charge in [-0.15, -0.1) is 0 Å². The van der Waals surface area contributed by atoms with E-state index in [9.17, 15) is 18.0 Å². The van der Waals surface area contributed by atoms with Crippen LogP contribution >= 0.6 is 0 Å². The maximum Gasteiger partial charge on any atom is 0.490 e. The number of nitrogens with two attached hydrogens (primary N) is 1. The molecule has 0 spiro atoms. The smallest absolute Gasteiger partial charge is 0.475 e. The molecular formula is C15H19F3N2O4. The molecule has 1 aromatic rings. The molecule has 0 heterocycles. The highest BCUT2D eigenvalue weighted by molar-refractivity contribution is 5.73. The summed E-state index contributed by atoms with van der Waals surface area (Å²) in [5, 5.41) is 18.3. The van der Waals surface area contributed by atoms with E-state index in [0.29, 0.717) is 5.92 Å². The molecule has 1 fully saturated rings. The molecule has 1 saturated carbocycles. The predicted octanol–water partition coefficient (Wildman–Crippen LogP) is 3.20. The Morgan fingerprint density at radius 1 is 1.04 bits per heavy atom. The SMILES string of the molecule is Nc1ccc(C2CCC(NC(=O)O)CC2)cc1.O=C(O)C(F)(F)F. The summed E-state index contributed by atoms with van der Waals surface area (Å²) < 4.78 is 31.7. The van der Waals surface area contributed by atoms with Crippen molar-refractivity contribution in [1.82, 2.24) is 5.32 Å². The molecule has 6 nitrogen and oxygen atoms in total. The van der Waals surface area contributed by atoms with Crippen molar-refractivity contribution >= 4 is 17.7 Å². The molecule has 134 valence electrons. The van der Waals surface area contributed by atoms with E-state index in [1.165, 1.54) is 5.56 Å². The molecule has 1 amide bonds. The van der Waals surface area contributed by atoms with Crippen LogP contribution in [0.3, 0.4) is 0 Å². The van der Waals surface area contributed by atoms with E-state index in [2.05, 4.69) is 17.4 Å². The monoisotopic (exact) mass is 348 g/mol. The number of alkyl halides is 3. The number of amides is 1. The molecule has 9 heteroatoms. The normalized spacial score (nSPS) is 20.5. The van der Waals surface area contributed by atoms with E-state index >= 15 is 0 Å². The Morgan fingerprint density at radius 3 is 1.88 bits per heavy atom. The Morgan fingerprint density at radius 2 is 1.50 bits per heavy atom. The number of halogens is 3. The first-order chi connectivity index (χ1) is 11.1.